The summed E-state index contributed by atoms with van der Waals surface area (Å²) in [5, 5.41) is 6.43. The highest BCUT2D eigenvalue weighted by molar-refractivity contribution is 5.79. The largest absolute Gasteiger partial charge is 0.481 e. The molecule has 140 valence electrons. The molecule has 27 heavy (non-hydrogen) atoms. The zero-order chi connectivity index (χ0) is 19.1. The van der Waals surface area contributed by atoms with Gasteiger partial charge in [0, 0.05) is 18.7 Å². The number of pyridine rings is 1. The highest BCUT2D eigenvalue weighted by Gasteiger charge is 2.07. The van der Waals surface area contributed by atoms with Crippen LogP contribution in [0.3, 0.4) is 0 Å². The maximum Gasteiger partial charge on any atom is 0.226 e. The second-order valence-corrected chi connectivity index (χ2v) is 5.96. The average Bonchev–Trinajstić information content (AvgIpc) is 3.18. The lowest BCUT2D eigenvalue weighted by molar-refractivity contribution is 0.396. The van der Waals surface area contributed by atoms with Gasteiger partial charge in [-0.25, -0.2) is 9.97 Å². The van der Waals surface area contributed by atoms with Crippen LogP contribution in [0.15, 0.2) is 58.1 Å². The average molecular weight is 365 g/mol. The van der Waals surface area contributed by atoms with Gasteiger partial charge >= 0.3 is 0 Å². The molecule has 0 unspecified atom stereocenters. The minimum atomic E-state index is 0.501. The molecule has 0 atom stereocenters. The van der Waals surface area contributed by atoms with E-state index in [-0.39, 0.29) is 0 Å². The van der Waals surface area contributed by atoms with Crippen LogP contribution in [0.1, 0.15) is 17.0 Å². The first-order valence-corrected chi connectivity index (χ1v) is 8.64. The van der Waals surface area contributed by atoms with Gasteiger partial charge in [-0.2, -0.15) is 0 Å². The second-order valence-electron chi connectivity index (χ2n) is 5.96. The van der Waals surface area contributed by atoms with Crippen LogP contribution in [-0.2, 0) is 13.1 Å². The number of aryl methyl sites for hydroxylation is 1. The first-order valence-electron chi connectivity index (χ1n) is 8.64. The van der Waals surface area contributed by atoms with Gasteiger partial charge in [-0.3, -0.25) is 4.99 Å². The summed E-state index contributed by atoms with van der Waals surface area (Å²) in [6, 6.07) is 13.7. The molecule has 2 heterocycles. The van der Waals surface area contributed by atoms with Gasteiger partial charge in [-0.1, -0.05) is 23.8 Å². The van der Waals surface area contributed by atoms with Crippen molar-refractivity contribution in [3.8, 4) is 17.3 Å². The fraction of sp³-hybridized carbons (Fsp3) is 0.250. The van der Waals surface area contributed by atoms with Gasteiger partial charge in [0.15, 0.2) is 5.96 Å². The molecule has 0 saturated heterocycles. The van der Waals surface area contributed by atoms with Crippen LogP contribution in [0.5, 0.6) is 5.88 Å². The number of ether oxygens (including phenoxy) is 1. The van der Waals surface area contributed by atoms with E-state index in [1.165, 1.54) is 5.56 Å². The summed E-state index contributed by atoms with van der Waals surface area (Å²) in [5.74, 6) is 1.85. The Morgan fingerprint density at radius 3 is 2.48 bits per heavy atom. The van der Waals surface area contributed by atoms with Gasteiger partial charge in [0.25, 0.3) is 0 Å². The lowest BCUT2D eigenvalue weighted by Gasteiger charge is -2.10. The Kier molecular flexibility index (Phi) is 6.04. The summed E-state index contributed by atoms with van der Waals surface area (Å²) in [6.07, 6.45) is 1.65. The molecule has 0 radical (unpaired) electrons. The molecular weight excluding hydrogens is 342 g/mol. The summed E-state index contributed by atoms with van der Waals surface area (Å²) in [5.41, 5.74) is 3.82. The Morgan fingerprint density at radius 2 is 1.78 bits per heavy atom. The molecule has 3 aromatic rings. The number of nitrogens with one attached hydrogen (secondary N) is 2. The van der Waals surface area contributed by atoms with E-state index in [2.05, 4.69) is 25.6 Å². The summed E-state index contributed by atoms with van der Waals surface area (Å²) in [4.78, 5) is 13.1. The molecule has 2 aromatic heterocycles. The fourth-order valence-corrected chi connectivity index (χ4v) is 2.46. The maximum absolute atomic E-state index is 5.58. The zero-order valence-electron chi connectivity index (χ0n) is 15.7. The Balaban J connectivity index is 1.54. The van der Waals surface area contributed by atoms with Crippen molar-refractivity contribution in [1.29, 1.82) is 0 Å². The Hall–Kier alpha value is -3.35. The van der Waals surface area contributed by atoms with Crippen molar-refractivity contribution in [1.82, 2.24) is 20.6 Å². The molecule has 1 aromatic carbocycles. The molecule has 0 aliphatic rings. The molecule has 7 nitrogen and oxygen atoms in total. The van der Waals surface area contributed by atoms with Gasteiger partial charge in [0.2, 0.25) is 11.8 Å². The van der Waals surface area contributed by atoms with Crippen molar-refractivity contribution >= 4 is 5.96 Å². The lowest BCUT2D eigenvalue weighted by atomic mass is 10.1. The van der Waals surface area contributed by atoms with Crippen LogP contribution in [0.25, 0.3) is 11.5 Å². The van der Waals surface area contributed by atoms with Gasteiger partial charge in [-0.05, 0) is 25.1 Å². The maximum atomic E-state index is 5.58. The fourth-order valence-electron chi connectivity index (χ4n) is 2.46. The van der Waals surface area contributed by atoms with Gasteiger partial charge in [-0.15, -0.1) is 0 Å². The third-order valence-corrected chi connectivity index (χ3v) is 3.94. The zero-order valence-corrected chi connectivity index (χ0v) is 15.7. The van der Waals surface area contributed by atoms with Crippen molar-refractivity contribution in [3.63, 3.8) is 0 Å². The summed E-state index contributed by atoms with van der Waals surface area (Å²) in [6.45, 7) is 3.08. The summed E-state index contributed by atoms with van der Waals surface area (Å²) >= 11 is 0. The van der Waals surface area contributed by atoms with Gasteiger partial charge in [0.1, 0.15) is 6.26 Å². The Morgan fingerprint density at radius 1 is 1.04 bits per heavy atom. The Bertz CT molecular complexity index is 903. The van der Waals surface area contributed by atoms with Crippen LogP contribution < -0.4 is 15.4 Å². The molecular formula is C20H23N5O2. The number of nitrogens with zero attached hydrogens (tertiary/aromatic N) is 3. The number of guanidine groups is 1. The number of hydrogen-bond donors (Lipinski definition) is 2. The molecule has 0 amide bonds. The molecule has 0 spiro atoms. The van der Waals surface area contributed by atoms with Gasteiger partial charge in [0.05, 0.1) is 31.6 Å². The lowest BCUT2D eigenvalue weighted by Crippen LogP contribution is -2.36. The molecule has 0 aliphatic carbocycles. The Labute approximate surface area is 158 Å². The van der Waals surface area contributed by atoms with E-state index in [0.717, 1.165) is 17.0 Å². The summed E-state index contributed by atoms with van der Waals surface area (Å²) in [7, 11) is 3.32. The van der Waals surface area contributed by atoms with Crippen LogP contribution in [0.4, 0.5) is 0 Å². The topological polar surface area (TPSA) is 84.6 Å². The highest BCUT2D eigenvalue weighted by atomic mass is 16.5. The monoisotopic (exact) mass is 365 g/mol. The van der Waals surface area contributed by atoms with Crippen molar-refractivity contribution in [2.45, 2.75) is 20.0 Å². The number of rotatable bonds is 6. The standard InChI is InChI=1S/C20H23N5O2/c1-14-7-9-15(10-8-14)19-25-17(13-27-19)12-23-20(21-2)22-11-16-5-4-6-18(24-16)26-3/h4-10,13H,11-12H2,1-3H3,(H2,21,22,23). The van der Waals surface area contributed by atoms with Crippen molar-refractivity contribution < 1.29 is 9.15 Å². The predicted molar refractivity (Wildman–Crippen MR) is 105 cm³/mol. The molecule has 0 aliphatic heterocycles. The SMILES string of the molecule is CN=C(NCc1cccc(OC)n1)NCc1coc(-c2ccc(C)cc2)n1. The number of aliphatic imine (C=N–C) groups is 1. The van der Waals surface area contributed by atoms with E-state index >= 15 is 0 Å². The minimum absolute atomic E-state index is 0.501. The molecule has 0 bridgehead atoms. The van der Waals surface area contributed by atoms with E-state index < -0.39 is 0 Å². The third kappa shape index (κ3) is 5.07. The highest BCUT2D eigenvalue weighted by Crippen LogP contribution is 2.19. The normalized spacial score (nSPS) is 11.3. The quantitative estimate of drug-likeness (QED) is 0.516. The van der Waals surface area contributed by atoms with Crippen LogP contribution >= 0.6 is 0 Å². The predicted octanol–water partition coefficient (Wildman–Crippen LogP) is 2.92. The smallest absolute Gasteiger partial charge is 0.226 e. The van der Waals surface area contributed by atoms with Gasteiger partial charge < -0.3 is 19.8 Å². The van der Waals surface area contributed by atoms with E-state index in [1.807, 2.05) is 49.4 Å². The molecule has 3 rings (SSSR count). The third-order valence-electron chi connectivity index (χ3n) is 3.94. The molecule has 0 fully saturated rings. The second kappa shape index (κ2) is 8.84. The van der Waals surface area contributed by atoms with Crippen molar-refractivity contribution in [2.24, 2.45) is 4.99 Å². The molecule has 7 heteroatoms. The summed E-state index contributed by atoms with van der Waals surface area (Å²) < 4.78 is 10.7. The van der Waals surface area contributed by atoms with E-state index in [1.54, 1.807) is 20.4 Å². The number of oxazole rings is 1. The number of hydrogen-bond acceptors (Lipinski definition) is 5. The van der Waals surface area contributed by atoms with E-state index in [0.29, 0.717) is 30.8 Å². The first-order chi connectivity index (χ1) is 13.2. The minimum Gasteiger partial charge on any atom is -0.481 e. The number of aromatic nitrogens is 2. The first kappa shape index (κ1) is 18.4. The number of methoxy groups -OCH3 is 1. The van der Waals surface area contributed by atoms with E-state index in [9.17, 15) is 0 Å². The molecule has 0 saturated carbocycles. The molecule has 2 N–H and O–H groups in total. The van der Waals surface area contributed by atoms with Crippen molar-refractivity contribution in [3.05, 3.63) is 65.7 Å². The van der Waals surface area contributed by atoms with Crippen LogP contribution in [0.2, 0.25) is 0 Å². The van der Waals surface area contributed by atoms with Crippen molar-refractivity contribution in [2.75, 3.05) is 14.2 Å². The van der Waals surface area contributed by atoms with E-state index in [4.69, 9.17) is 9.15 Å². The number of benzene rings is 1. The van der Waals surface area contributed by atoms with Crippen LogP contribution in [0, 0.1) is 6.92 Å². The van der Waals surface area contributed by atoms with Crippen LogP contribution in [-0.4, -0.2) is 30.1 Å².